The molecular weight excluding hydrogens is 326 g/mol. The minimum absolute atomic E-state index is 0.0246. The van der Waals surface area contributed by atoms with E-state index < -0.39 is 13.0 Å². The molecule has 3 aromatic rings. The Hall–Kier alpha value is -3.04. The Kier molecular flexibility index (Phi) is 3.79. The van der Waals surface area contributed by atoms with Crippen LogP contribution in [0.2, 0.25) is 0 Å². The Bertz CT molecular complexity index is 945. The van der Waals surface area contributed by atoms with Gasteiger partial charge in [-0.05, 0) is 47.4 Å². The van der Waals surface area contributed by atoms with Crippen LogP contribution >= 0.6 is 0 Å². The number of anilines is 1. The molecule has 1 aliphatic heterocycles. The van der Waals surface area contributed by atoms with Gasteiger partial charge in [-0.25, -0.2) is 9.37 Å². The van der Waals surface area contributed by atoms with Crippen LogP contribution in [-0.2, 0) is 11.3 Å². The fourth-order valence-electron chi connectivity index (χ4n) is 2.57. The van der Waals surface area contributed by atoms with Crippen molar-refractivity contribution >= 4 is 24.2 Å². The van der Waals surface area contributed by atoms with E-state index in [1.165, 1.54) is 24.3 Å². The molecule has 3 N–H and O–H groups in total. The van der Waals surface area contributed by atoms with E-state index in [0.717, 1.165) is 5.56 Å². The number of H-pyrrole nitrogens is 1. The maximum Gasteiger partial charge on any atom is 0.491 e. The number of benzene rings is 2. The highest BCUT2D eigenvalue weighted by Crippen LogP contribution is 2.17. The van der Waals surface area contributed by atoms with Gasteiger partial charge in [0.05, 0.1) is 6.61 Å². The number of halogens is 1. The van der Waals surface area contributed by atoms with Crippen LogP contribution in [0.5, 0.6) is 0 Å². The highest BCUT2D eigenvalue weighted by molar-refractivity contribution is 6.61. The summed E-state index contributed by atoms with van der Waals surface area (Å²) < 4.78 is 18.1. The van der Waals surface area contributed by atoms with Gasteiger partial charge in [0.25, 0.3) is 5.91 Å². The molecule has 1 aromatic heterocycles. The number of rotatable bonds is 3. The Morgan fingerprint density at radius 3 is 2.88 bits per heavy atom. The van der Waals surface area contributed by atoms with Gasteiger partial charge in [-0.2, -0.15) is 5.10 Å². The topological polar surface area (TPSA) is 100 Å². The summed E-state index contributed by atoms with van der Waals surface area (Å²) >= 11 is 0. The SMILES string of the molecule is O=C(Nc1ccc2c(c1)B(O)OC2)c1nc(-c2ccc(F)cc2)n[nH]1. The summed E-state index contributed by atoms with van der Waals surface area (Å²) in [7, 11) is -0.984. The molecule has 7 nitrogen and oxygen atoms in total. The molecule has 0 saturated heterocycles. The predicted octanol–water partition coefficient (Wildman–Crippen LogP) is 1.08. The molecule has 2 aromatic carbocycles. The zero-order valence-electron chi connectivity index (χ0n) is 12.9. The van der Waals surface area contributed by atoms with Gasteiger partial charge < -0.3 is 15.0 Å². The Balaban J connectivity index is 1.52. The number of amides is 1. The Morgan fingerprint density at radius 2 is 2.08 bits per heavy atom. The molecule has 0 saturated carbocycles. The molecule has 1 amide bonds. The van der Waals surface area contributed by atoms with Crippen molar-refractivity contribution in [3.8, 4) is 11.4 Å². The lowest BCUT2D eigenvalue weighted by atomic mass is 9.79. The zero-order chi connectivity index (χ0) is 17.4. The number of hydrogen-bond acceptors (Lipinski definition) is 5. The van der Waals surface area contributed by atoms with E-state index in [4.69, 9.17) is 4.65 Å². The van der Waals surface area contributed by atoms with Crippen LogP contribution in [0.25, 0.3) is 11.4 Å². The molecule has 1 aliphatic rings. The van der Waals surface area contributed by atoms with Crippen molar-refractivity contribution in [1.82, 2.24) is 15.2 Å². The molecule has 0 unspecified atom stereocenters. The first-order valence-corrected chi connectivity index (χ1v) is 7.52. The molecular formula is C16H12BFN4O3. The molecule has 9 heteroatoms. The second-order valence-corrected chi connectivity index (χ2v) is 5.55. The van der Waals surface area contributed by atoms with Crippen molar-refractivity contribution in [2.24, 2.45) is 0 Å². The van der Waals surface area contributed by atoms with E-state index in [2.05, 4.69) is 20.5 Å². The lowest BCUT2D eigenvalue weighted by Crippen LogP contribution is -2.28. The number of fused-ring (bicyclic) bond motifs is 1. The summed E-state index contributed by atoms with van der Waals surface area (Å²) in [6.07, 6.45) is 0. The van der Waals surface area contributed by atoms with E-state index in [1.807, 2.05) is 0 Å². The number of carbonyl (C=O) groups excluding carboxylic acids is 1. The Morgan fingerprint density at radius 1 is 1.28 bits per heavy atom. The molecule has 0 radical (unpaired) electrons. The number of hydrogen-bond donors (Lipinski definition) is 3. The van der Waals surface area contributed by atoms with Crippen molar-refractivity contribution < 1.29 is 18.9 Å². The normalized spacial score (nSPS) is 13.0. The third-order valence-electron chi connectivity index (χ3n) is 3.87. The van der Waals surface area contributed by atoms with Crippen LogP contribution in [0.4, 0.5) is 10.1 Å². The highest BCUT2D eigenvalue weighted by Gasteiger charge is 2.27. The lowest BCUT2D eigenvalue weighted by molar-refractivity contribution is 0.101. The van der Waals surface area contributed by atoms with Crippen molar-refractivity contribution in [3.05, 3.63) is 59.7 Å². The number of nitrogens with one attached hydrogen (secondary N) is 2. The number of aromatic nitrogens is 3. The van der Waals surface area contributed by atoms with Crippen LogP contribution in [0.3, 0.4) is 0 Å². The standard InChI is InChI=1S/C16H12BFN4O3/c18-11-4-1-9(2-5-11)14-20-15(22-21-14)16(23)19-12-6-3-10-8-25-17(24)13(10)7-12/h1-7,24H,8H2,(H,19,23)(H,20,21,22). The van der Waals surface area contributed by atoms with Crippen LogP contribution in [-0.4, -0.2) is 33.2 Å². The van der Waals surface area contributed by atoms with Gasteiger partial charge in [-0.3, -0.25) is 9.89 Å². The quantitative estimate of drug-likeness (QED) is 0.621. The van der Waals surface area contributed by atoms with Crippen LogP contribution in [0.1, 0.15) is 16.2 Å². The maximum absolute atomic E-state index is 13.0. The summed E-state index contributed by atoms with van der Waals surface area (Å²) in [6.45, 7) is 0.341. The average Bonchev–Trinajstić information content (AvgIpc) is 3.24. The molecule has 2 heterocycles. The zero-order valence-corrected chi connectivity index (χ0v) is 12.9. The van der Waals surface area contributed by atoms with Crippen LogP contribution < -0.4 is 10.8 Å². The predicted molar refractivity (Wildman–Crippen MR) is 88.6 cm³/mol. The van der Waals surface area contributed by atoms with Gasteiger partial charge in [-0.15, -0.1) is 0 Å². The Labute approximate surface area is 142 Å². The largest absolute Gasteiger partial charge is 0.491 e. The molecule has 124 valence electrons. The third kappa shape index (κ3) is 3.02. The second kappa shape index (κ2) is 6.12. The van der Waals surface area contributed by atoms with E-state index in [1.54, 1.807) is 18.2 Å². The molecule has 0 aliphatic carbocycles. The fraction of sp³-hybridized carbons (Fsp3) is 0.0625. The summed E-state index contributed by atoms with van der Waals surface area (Å²) in [4.78, 5) is 16.4. The van der Waals surface area contributed by atoms with Gasteiger partial charge in [0, 0.05) is 11.3 Å². The molecule has 0 atom stereocenters. The molecule has 25 heavy (non-hydrogen) atoms. The summed E-state index contributed by atoms with van der Waals surface area (Å²) in [5, 5.41) is 18.9. The van der Waals surface area contributed by atoms with Crippen LogP contribution in [0, 0.1) is 5.82 Å². The van der Waals surface area contributed by atoms with E-state index >= 15 is 0 Å². The summed E-state index contributed by atoms with van der Waals surface area (Å²) in [5.74, 6) is -0.520. The first-order chi connectivity index (χ1) is 12.1. The monoisotopic (exact) mass is 338 g/mol. The first kappa shape index (κ1) is 15.5. The van der Waals surface area contributed by atoms with Crippen molar-refractivity contribution in [1.29, 1.82) is 0 Å². The number of nitrogens with zero attached hydrogens (tertiary/aromatic N) is 2. The van der Waals surface area contributed by atoms with Gasteiger partial charge in [0.2, 0.25) is 5.82 Å². The second-order valence-electron chi connectivity index (χ2n) is 5.55. The van der Waals surface area contributed by atoms with Crippen molar-refractivity contribution in [2.45, 2.75) is 6.61 Å². The minimum Gasteiger partial charge on any atom is -0.423 e. The molecule has 0 spiro atoms. The average molecular weight is 338 g/mol. The van der Waals surface area contributed by atoms with Crippen LogP contribution in [0.15, 0.2) is 42.5 Å². The molecule has 0 fully saturated rings. The molecule has 4 rings (SSSR count). The smallest absolute Gasteiger partial charge is 0.423 e. The van der Waals surface area contributed by atoms with E-state index in [0.29, 0.717) is 29.1 Å². The van der Waals surface area contributed by atoms with Gasteiger partial charge in [0.15, 0.2) is 5.82 Å². The highest BCUT2D eigenvalue weighted by atomic mass is 19.1. The fourth-order valence-corrected chi connectivity index (χ4v) is 2.57. The van der Waals surface area contributed by atoms with Gasteiger partial charge >= 0.3 is 7.12 Å². The number of carbonyl (C=O) groups is 1. The first-order valence-electron chi connectivity index (χ1n) is 7.52. The summed E-state index contributed by atoms with van der Waals surface area (Å²) in [5.41, 5.74) is 2.61. The summed E-state index contributed by atoms with van der Waals surface area (Å²) in [6, 6.07) is 10.8. The van der Waals surface area contributed by atoms with E-state index in [9.17, 15) is 14.2 Å². The van der Waals surface area contributed by atoms with Crippen molar-refractivity contribution in [2.75, 3.05) is 5.32 Å². The van der Waals surface area contributed by atoms with Gasteiger partial charge in [0.1, 0.15) is 5.82 Å². The van der Waals surface area contributed by atoms with E-state index in [-0.39, 0.29) is 11.6 Å². The minimum atomic E-state index is -0.984. The maximum atomic E-state index is 13.0. The van der Waals surface area contributed by atoms with Gasteiger partial charge in [-0.1, -0.05) is 6.07 Å². The third-order valence-corrected chi connectivity index (χ3v) is 3.87. The lowest BCUT2D eigenvalue weighted by Gasteiger charge is -2.05. The van der Waals surface area contributed by atoms with Crippen molar-refractivity contribution in [3.63, 3.8) is 0 Å². The molecule has 0 bridgehead atoms. The number of aromatic amines is 1.